The number of hydrogen-bond acceptors (Lipinski definition) is 4. The van der Waals surface area contributed by atoms with Crippen LogP contribution in [0.5, 0.6) is 0 Å². The summed E-state index contributed by atoms with van der Waals surface area (Å²) < 4.78 is 39.6. The number of rotatable bonds is 4. The molecule has 1 saturated carbocycles. The van der Waals surface area contributed by atoms with Gasteiger partial charge in [-0.1, -0.05) is 18.2 Å². The summed E-state index contributed by atoms with van der Waals surface area (Å²) in [4.78, 5) is 21.0. The second kappa shape index (κ2) is 6.52. The number of aromatic nitrogens is 2. The van der Waals surface area contributed by atoms with Crippen LogP contribution in [0.3, 0.4) is 0 Å². The van der Waals surface area contributed by atoms with Gasteiger partial charge < -0.3 is 0 Å². The third-order valence-corrected chi connectivity index (χ3v) is 4.52. The van der Waals surface area contributed by atoms with Crippen LogP contribution in [0.4, 0.5) is 13.2 Å². The Balaban J connectivity index is 1.86. The fraction of sp³-hybridized carbons (Fsp3) is 0.368. The molecule has 1 aliphatic carbocycles. The fourth-order valence-electron chi connectivity index (χ4n) is 3.31. The second-order valence-corrected chi connectivity index (χ2v) is 6.48. The van der Waals surface area contributed by atoms with Gasteiger partial charge in [0.25, 0.3) is 0 Å². The number of nitrogens with zero attached hydrogens (tertiary/aromatic N) is 3. The van der Waals surface area contributed by atoms with E-state index < -0.39 is 29.5 Å². The van der Waals surface area contributed by atoms with Gasteiger partial charge in [-0.3, -0.25) is 4.79 Å². The maximum Gasteiger partial charge on any atom is 0.416 e. The third-order valence-electron chi connectivity index (χ3n) is 4.52. The van der Waals surface area contributed by atoms with Crippen molar-refractivity contribution in [2.75, 3.05) is 0 Å². The first-order chi connectivity index (χ1) is 12.2. The van der Waals surface area contributed by atoms with Crippen molar-refractivity contribution in [3.8, 4) is 6.07 Å². The highest BCUT2D eigenvalue weighted by Gasteiger charge is 2.49. The number of nitriles is 1. The van der Waals surface area contributed by atoms with Crippen molar-refractivity contribution in [3.05, 3.63) is 58.7 Å². The highest BCUT2D eigenvalue weighted by atomic mass is 19.4. The number of benzene rings is 1. The number of alkyl halides is 3. The molecule has 4 nitrogen and oxygen atoms in total. The van der Waals surface area contributed by atoms with Crippen LogP contribution in [-0.2, 0) is 11.0 Å². The summed E-state index contributed by atoms with van der Waals surface area (Å²) in [5, 5.41) is 9.44. The molecule has 2 aromatic rings. The number of ketones is 1. The van der Waals surface area contributed by atoms with E-state index >= 15 is 0 Å². The predicted octanol–water partition coefficient (Wildman–Crippen LogP) is 4.09. The molecule has 3 rings (SSSR count). The van der Waals surface area contributed by atoms with Gasteiger partial charge in [-0.05, 0) is 43.9 Å². The van der Waals surface area contributed by atoms with Gasteiger partial charge >= 0.3 is 6.18 Å². The summed E-state index contributed by atoms with van der Waals surface area (Å²) in [6.45, 7) is 3.39. The summed E-state index contributed by atoms with van der Waals surface area (Å²) in [6, 6.07) is 8.80. The van der Waals surface area contributed by atoms with Crippen LogP contribution < -0.4 is 0 Å². The van der Waals surface area contributed by atoms with E-state index in [4.69, 9.17) is 0 Å². The lowest BCUT2D eigenvalue weighted by molar-refractivity contribution is -0.138. The Morgan fingerprint density at radius 2 is 1.96 bits per heavy atom. The Kier molecular flexibility index (Phi) is 4.53. The van der Waals surface area contributed by atoms with Gasteiger partial charge in [-0.2, -0.15) is 18.4 Å². The van der Waals surface area contributed by atoms with Crippen molar-refractivity contribution in [1.29, 1.82) is 5.26 Å². The summed E-state index contributed by atoms with van der Waals surface area (Å²) in [7, 11) is 0. The second-order valence-electron chi connectivity index (χ2n) is 6.48. The number of Topliss-reactive ketones (excluding diaryl/α,β-unsaturated/α-hetero) is 1. The van der Waals surface area contributed by atoms with Crippen molar-refractivity contribution in [3.63, 3.8) is 0 Å². The number of hydrogen-bond donors (Lipinski definition) is 0. The van der Waals surface area contributed by atoms with E-state index in [0.717, 1.165) is 6.07 Å². The molecule has 0 amide bonds. The Labute approximate surface area is 148 Å². The van der Waals surface area contributed by atoms with E-state index in [2.05, 4.69) is 9.97 Å². The van der Waals surface area contributed by atoms with Crippen molar-refractivity contribution in [1.82, 2.24) is 9.97 Å². The van der Waals surface area contributed by atoms with Gasteiger partial charge in [0.15, 0.2) is 5.78 Å². The van der Waals surface area contributed by atoms with Crippen molar-refractivity contribution >= 4 is 5.78 Å². The van der Waals surface area contributed by atoms with Crippen LogP contribution in [0.1, 0.15) is 46.6 Å². The molecule has 3 atom stereocenters. The number of halogens is 3. The Hall–Kier alpha value is -2.75. The molecule has 1 aromatic carbocycles. The number of aryl methyl sites for hydroxylation is 2. The molecule has 1 aromatic heterocycles. The molecular formula is C19H16F3N3O. The molecule has 0 radical (unpaired) electrons. The van der Waals surface area contributed by atoms with E-state index in [1.807, 2.05) is 6.07 Å². The maximum absolute atomic E-state index is 13.2. The van der Waals surface area contributed by atoms with Gasteiger partial charge in [-0.25, -0.2) is 9.97 Å². The summed E-state index contributed by atoms with van der Waals surface area (Å²) >= 11 is 0. The average Bonchev–Trinajstić information content (AvgIpc) is 3.34. The highest BCUT2D eigenvalue weighted by Crippen LogP contribution is 2.52. The largest absolute Gasteiger partial charge is 0.416 e. The van der Waals surface area contributed by atoms with Gasteiger partial charge in [0.1, 0.15) is 11.7 Å². The van der Waals surface area contributed by atoms with Crippen LogP contribution in [0, 0.1) is 31.1 Å². The van der Waals surface area contributed by atoms with E-state index in [9.17, 15) is 23.2 Å². The van der Waals surface area contributed by atoms with Gasteiger partial charge in [-0.15, -0.1) is 0 Å². The first-order valence-electron chi connectivity index (χ1n) is 8.14. The lowest BCUT2D eigenvalue weighted by atomic mass is 9.94. The molecule has 0 spiro atoms. The molecular weight excluding hydrogens is 343 g/mol. The summed E-state index contributed by atoms with van der Waals surface area (Å²) in [6.07, 6.45) is -4.16. The quantitative estimate of drug-likeness (QED) is 0.825. The maximum atomic E-state index is 13.2. The number of carbonyl (C=O) groups excluding carboxylic acids is 1. The zero-order valence-corrected chi connectivity index (χ0v) is 14.2. The minimum Gasteiger partial charge on any atom is -0.297 e. The molecule has 0 bridgehead atoms. The van der Waals surface area contributed by atoms with E-state index in [-0.39, 0.29) is 11.3 Å². The van der Waals surface area contributed by atoms with Gasteiger partial charge in [0.05, 0.1) is 17.3 Å². The molecule has 134 valence electrons. The molecule has 0 saturated heterocycles. The standard InChI is InChI=1S/C19H16F3N3O/c1-10-7-17(25-11(2)24-10)15(9-23)18(26)14-8-13(14)12-5-3-4-6-16(12)19(20,21)22/h3-7,13-15H,8H2,1-2H3/t13-,14-,15-/m0/s1. The summed E-state index contributed by atoms with van der Waals surface area (Å²) in [5.41, 5.74) is 0.334. The smallest absolute Gasteiger partial charge is 0.297 e. The van der Waals surface area contributed by atoms with Crippen LogP contribution in [-0.4, -0.2) is 15.8 Å². The third kappa shape index (κ3) is 3.45. The zero-order valence-electron chi connectivity index (χ0n) is 14.2. The van der Waals surface area contributed by atoms with E-state index in [1.54, 1.807) is 19.9 Å². The fourth-order valence-corrected chi connectivity index (χ4v) is 3.31. The monoisotopic (exact) mass is 359 g/mol. The average molecular weight is 359 g/mol. The molecule has 0 N–H and O–H groups in total. The van der Waals surface area contributed by atoms with Crippen LogP contribution in [0.2, 0.25) is 0 Å². The van der Waals surface area contributed by atoms with Gasteiger partial charge in [0.2, 0.25) is 0 Å². The molecule has 1 fully saturated rings. The normalized spacial score (nSPS) is 20.3. The SMILES string of the molecule is Cc1cc([C@H](C#N)C(=O)[C@H]2C[C@H]2c2ccccc2C(F)(F)F)nc(C)n1. The van der Waals surface area contributed by atoms with E-state index in [0.29, 0.717) is 23.6 Å². The first kappa shape index (κ1) is 18.1. The number of carbonyl (C=O) groups is 1. The molecule has 1 heterocycles. The highest BCUT2D eigenvalue weighted by molar-refractivity contribution is 5.93. The molecule has 1 aliphatic rings. The first-order valence-corrected chi connectivity index (χ1v) is 8.14. The van der Waals surface area contributed by atoms with Gasteiger partial charge in [0, 0.05) is 11.6 Å². The lowest BCUT2D eigenvalue weighted by Crippen LogP contribution is -2.17. The lowest BCUT2D eigenvalue weighted by Gasteiger charge is -2.13. The van der Waals surface area contributed by atoms with E-state index in [1.165, 1.54) is 18.2 Å². The van der Waals surface area contributed by atoms with Crippen molar-refractivity contribution in [2.45, 2.75) is 38.3 Å². The Bertz CT molecular complexity index is 881. The molecule has 26 heavy (non-hydrogen) atoms. The minimum atomic E-state index is -4.47. The molecule has 0 unspecified atom stereocenters. The molecule has 0 aliphatic heterocycles. The topological polar surface area (TPSA) is 66.6 Å². The van der Waals surface area contributed by atoms with Crippen LogP contribution >= 0.6 is 0 Å². The predicted molar refractivity (Wildman–Crippen MR) is 87.2 cm³/mol. The van der Waals surface area contributed by atoms with Crippen molar-refractivity contribution in [2.24, 2.45) is 5.92 Å². The minimum absolute atomic E-state index is 0.116. The zero-order chi connectivity index (χ0) is 19.1. The molecule has 7 heteroatoms. The summed E-state index contributed by atoms with van der Waals surface area (Å²) in [5.74, 6) is -2.14. The Morgan fingerprint density at radius 1 is 1.27 bits per heavy atom. The van der Waals surface area contributed by atoms with Crippen LogP contribution in [0.25, 0.3) is 0 Å². The van der Waals surface area contributed by atoms with Crippen LogP contribution in [0.15, 0.2) is 30.3 Å². The Morgan fingerprint density at radius 3 is 2.58 bits per heavy atom. The van der Waals surface area contributed by atoms with Crippen molar-refractivity contribution < 1.29 is 18.0 Å².